The van der Waals surface area contributed by atoms with Crippen LogP contribution in [0.3, 0.4) is 0 Å². The Labute approximate surface area is 167 Å². The van der Waals surface area contributed by atoms with E-state index in [1.807, 2.05) is 30.3 Å². The first kappa shape index (κ1) is 18.8. The van der Waals surface area contributed by atoms with Crippen molar-refractivity contribution in [1.82, 2.24) is 5.32 Å². The molecule has 3 aromatic rings. The smallest absolute Gasteiger partial charge is 0.349 e. The average Bonchev–Trinajstić information content (AvgIpc) is 2.73. The molecular weight excluding hydrogens is 374 g/mol. The van der Waals surface area contributed by atoms with Crippen molar-refractivity contribution >= 4 is 28.6 Å². The van der Waals surface area contributed by atoms with Crippen LogP contribution in [-0.4, -0.2) is 30.4 Å². The monoisotopic (exact) mass is 395 g/mol. The van der Waals surface area contributed by atoms with Gasteiger partial charge in [0.15, 0.2) is 0 Å². The Kier molecular flexibility index (Phi) is 5.50. The van der Waals surface area contributed by atoms with Gasteiger partial charge in [0.2, 0.25) is 0 Å². The Morgan fingerprint density at radius 2 is 1.75 bits per heavy atom. The molecule has 5 nitrogen and oxygen atoms in total. The van der Waals surface area contributed by atoms with Gasteiger partial charge >= 0.3 is 5.63 Å². The highest BCUT2D eigenvalue weighted by molar-refractivity contribution is 8.00. The Hall–Kier alpha value is -2.57. The first-order chi connectivity index (χ1) is 13.7. The molecule has 1 N–H and O–H groups in total. The molecule has 1 aliphatic rings. The maximum Gasteiger partial charge on any atom is 0.349 e. The molecular formula is C22H21NO4S. The van der Waals surface area contributed by atoms with E-state index in [0.717, 1.165) is 23.1 Å². The summed E-state index contributed by atoms with van der Waals surface area (Å²) < 4.78 is 10.7. The highest BCUT2D eigenvalue weighted by atomic mass is 32.2. The maximum absolute atomic E-state index is 12.7. The quantitative estimate of drug-likeness (QED) is 0.665. The Bertz CT molecular complexity index is 1030. The summed E-state index contributed by atoms with van der Waals surface area (Å²) in [6.07, 6.45) is 1.67. The van der Waals surface area contributed by atoms with Crippen molar-refractivity contribution in [3.05, 3.63) is 76.6 Å². The van der Waals surface area contributed by atoms with E-state index in [-0.39, 0.29) is 10.3 Å². The molecule has 0 saturated carbocycles. The van der Waals surface area contributed by atoms with Gasteiger partial charge in [-0.3, -0.25) is 4.79 Å². The lowest BCUT2D eigenvalue weighted by Gasteiger charge is -2.36. The van der Waals surface area contributed by atoms with Gasteiger partial charge in [0.05, 0.1) is 0 Å². The fourth-order valence-corrected chi connectivity index (χ4v) is 4.66. The Balaban J connectivity index is 1.53. The molecule has 1 amide bonds. The number of amides is 1. The molecule has 0 unspecified atom stereocenters. The molecule has 0 aliphatic carbocycles. The van der Waals surface area contributed by atoms with Crippen molar-refractivity contribution in [2.75, 3.05) is 19.8 Å². The summed E-state index contributed by atoms with van der Waals surface area (Å²) in [7, 11) is 0. The number of carbonyl (C=O) groups excluding carboxylic acids is 1. The highest BCUT2D eigenvalue weighted by Crippen LogP contribution is 2.40. The lowest BCUT2D eigenvalue weighted by molar-refractivity contribution is 0.0740. The predicted molar refractivity (Wildman–Crippen MR) is 110 cm³/mol. The van der Waals surface area contributed by atoms with E-state index in [1.54, 1.807) is 30.0 Å². The first-order valence-electron chi connectivity index (χ1n) is 9.28. The first-order valence-corrected chi connectivity index (χ1v) is 10.1. The van der Waals surface area contributed by atoms with Crippen molar-refractivity contribution in [3.8, 4) is 0 Å². The third kappa shape index (κ3) is 4.13. The number of para-hydroxylation sites is 1. The van der Waals surface area contributed by atoms with Gasteiger partial charge in [-0.05, 0) is 37.1 Å². The summed E-state index contributed by atoms with van der Waals surface area (Å²) in [5, 5.41) is 3.69. The van der Waals surface area contributed by atoms with Crippen molar-refractivity contribution in [3.63, 3.8) is 0 Å². The van der Waals surface area contributed by atoms with Crippen LogP contribution in [-0.2, 0) is 4.74 Å². The van der Waals surface area contributed by atoms with Crippen LogP contribution in [0.1, 0.15) is 23.2 Å². The zero-order valence-corrected chi connectivity index (χ0v) is 16.2. The number of thioether (sulfide) groups is 1. The van der Waals surface area contributed by atoms with Gasteiger partial charge in [0.25, 0.3) is 5.91 Å². The van der Waals surface area contributed by atoms with Crippen LogP contribution in [0.15, 0.2) is 74.8 Å². The lowest BCUT2D eigenvalue weighted by atomic mass is 9.99. The SMILES string of the molecule is O=C(NCC1(Sc2ccccc2)CCOCC1)c1cc2ccccc2oc1=O. The van der Waals surface area contributed by atoms with E-state index in [4.69, 9.17) is 9.15 Å². The van der Waals surface area contributed by atoms with E-state index >= 15 is 0 Å². The second-order valence-corrected chi connectivity index (χ2v) is 8.42. The fourth-order valence-electron chi connectivity index (χ4n) is 3.35. The Morgan fingerprint density at radius 1 is 1.04 bits per heavy atom. The van der Waals surface area contributed by atoms with Crippen LogP contribution in [0, 0.1) is 0 Å². The third-order valence-electron chi connectivity index (χ3n) is 4.94. The summed E-state index contributed by atoms with van der Waals surface area (Å²) in [4.78, 5) is 26.1. The minimum absolute atomic E-state index is 0.0330. The van der Waals surface area contributed by atoms with Crippen LogP contribution < -0.4 is 10.9 Å². The molecule has 0 atom stereocenters. The van der Waals surface area contributed by atoms with Gasteiger partial charge in [0.1, 0.15) is 11.1 Å². The normalized spacial score (nSPS) is 16.0. The largest absolute Gasteiger partial charge is 0.422 e. The second-order valence-electron chi connectivity index (χ2n) is 6.88. The van der Waals surface area contributed by atoms with Crippen molar-refractivity contribution in [2.45, 2.75) is 22.5 Å². The summed E-state index contributed by atoms with van der Waals surface area (Å²) >= 11 is 1.76. The Morgan fingerprint density at radius 3 is 2.54 bits per heavy atom. The maximum atomic E-state index is 12.7. The molecule has 0 spiro atoms. The van der Waals surface area contributed by atoms with E-state index in [9.17, 15) is 9.59 Å². The summed E-state index contributed by atoms with van der Waals surface area (Å²) in [6.45, 7) is 1.78. The molecule has 1 aromatic heterocycles. The number of hydrogen-bond donors (Lipinski definition) is 1. The third-order valence-corrected chi connectivity index (χ3v) is 6.43. The molecule has 0 radical (unpaired) electrons. The topological polar surface area (TPSA) is 68.5 Å². The van der Waals surface area contributed by atoms with Gasteiger partial charge in [-0.15, -0.1) is 11.8 Å². The molecule has 1 aliphatic heterocycles. The van der Waals surface area contributed by atoms with Crippen LogP contribution >= 0.6 is 11.8 Å². The minimum atomic E-state index is -0.618. The summed E-state index contributed by atoms with van der Waals surface area (Å²) in [5.74, 6) is -0.404. The van der Waals surface area contributed by atoms with Gasteiger partial charge in [-0.1, -0.05) is 36.4 Å². The number of hydrogen-bond acceptors (Lipinski definition) is 5. The van der Waals surface area contributed by atoms with Crippen LogP contribution in [0.4, 0.5) is 0 Å². The average molecular weight is 395 g/mol. The molecule has 144 valence electrons. The molecule has 2 heterocycles. The molecule has 2 aromatic carbocycles. The van der Waals surface area contributed by atoms with E-state index in [0.29, 0.717) is 25.3 Å². The van der Waals surface area contributed by atoms with Crippen molar-refractivity contribution < 1.29 is 13.9 Å². The lowest BCUT2D eigenvalue weighted by Crippen LogP contribution is -2.45. The van der Waals surface area contributed by atoms with Gasteiger partial charge < -0.3 is 14.5 Å². The summed E-state index contributed by atoms with van der Waals surface area (Å²) in [5.41, 5.74) is -0.108. The second kappa shape index (κ2) is 8.20. The van der Waals surface area contributed by atoms with Crippen LogP contribution in [0.2, 0.25) is 0 Å². The fraction of sp³-hybridized carbons (Fsp3) is 0.273. The molecule has 0 bridgehead atoms. The van der Waals surface area contributed by atoms with Gasteiger partial charge in [0, 0.05) is 34.8 Å². The van der Waals surface area contributed by atoms with Gasteiger partial charge in [-0.25, -0.2) is 4.79 Å². The van der Waals surface area contributed by atoms with Crippen LogP contribution in [0.5, 0.6) is 0 Å². The minimum Gasteiger partial charge on any atom is -0.422 e. The van der Waals surface area contributed by atoms with E-state index in [2.05, 4.69) is 17.4 Å². The molecule has 6 heteroatoms. The van der Waals surface area contributed by atoms with Gasteiger partial charge in [-0.2, -0.15) is 0 Å². The number of rotatable bonds is 5. The van der Waals surface area contributed by atoms with E-state index in [1.165, 1.54) is 0 Å². The van der Waals surface area contributed by atoms with Crippen molar-refractivity contribution in [2.24, 2.45) is 0 Å². The van der Waals surface area contributed by atoms with Crippen molar-refractivity contribution in [1.29, 1.82) is 0 Å². The molecule has 4 rings (SSSR count). The van der Waals surface area contributed by atoms with E-state index < -0.39 is 11.5 Å². The number of fused-ring (bicyclic) bond motifs is 1. The molecule has 28 heavy (non-hydrogen) atoms. The predicted octanol–water partition coefficient (Wildman–Crippen LogP) is 3.86. The zero-order valence-electron chi connectivity index (χ0n) is 15.4. The zero-order chi connectivity index (χ0) is 19.4. The summed E-state index contributed by atoms with van der Waals surface area (Å²) in [6, 6.07) is 18.9. The number of nitrogens with one attached hydrogen (secondary N) is 1. The number of carbonyl (C=O) groups is 1. The number of ether oxygens (including phenoxy) is 1. The van der Waals surface area contributed by atoms with Crippen LogP contribution in [0.25, 0.3) is 11.0 Å². The molecule has 1 fully saturated rings. The highest BCUT2D eigenvalue weighted by Gasteiger charge is 2.34. The standard InChI is InChI=1S/C22H21NO4S/c24-20(18-14-16-6-4-5-9-19(16)27-21(18)25)23-15-22(10-12-26-13-11-22)28-17-7-2-1-3-8-17/h1-9,14H,10-13,15H2,(H,23,24). The molecule has 1 saturated heterocycles. The number of benzene rings is 2.